The van der Waals surface area contributed by atoms with E-state index in [-0.39, 0.29) is 12.4 Å². The lowest BCUT2D eigenvalue weighted by Crippen LogP contribution is -2.14. The average Bonchev–Trinajstić information content (AvgIpc) is 3.21. The molecular weight excluding hydrogens is 402 g/mol. The topological polar surface area (TPSA) is 74.1 Å². The number of unbranched alkanes of at least 4 members (excludes halogenated alkanes) is 3. The fourth-order valence-corrected chi connectivity index (χ4v) is 3.00. The number of hydrogen-bond donors (Lipinski definition) is 1. The molecular formula is C22H30ClN5O2. The van der Waals surface area contributed by atoms with Crippen molar-refractivity contribution in [1.82, 2.24) is 25.5 Å². The van der Waals surface area contributed by atoms with E-state index in [2.05, 4.69) is 27.8 Å². The molecule has 0 saturated heterocycles. The molecule has 8 heteroatoms. The molecule has 0 aliphatic carbocycles. The summed E-state index contributed by atoms with van der Waals surface area (Å²) >= 11 is 0. The van der Waals surface area contributed by atoms with E-state index in [0.717, 1.165) is 24.3 Å². The third kappa shape index (κ3) is 6.71. The minimum absolute atomic E-state index is 0. The normalized spacial score (nSPS) is 10.5. The predicted octanol–water partition coefficient (Wildman–Crippen LogP) is 4.95. The quantitative estimate of drug-likeness (QED) is 0.409. The summed E-state index contributed by atoms with van der Waals surface area (Å²) in [4.78, 5) is 0. The highest BCUT2D eigenvalue weighted by molar-refractivity contribution is 5.85. The predicted molar refractivity (Wildman–Crippen MR) is 120 cm³/mol. The number of aromatic nitrogens is 4. The number of nitrogens with zero attached hydrogens (tertiary/aromatic N) is 4. The molecule has 3 rings (SSSR count). The van der Waals surface area contributed by atoms with E-state index in [1.807, 2.05) is 55.5 Å². The molecule has 1 aromatic heterocycles. The summed E-state index contributed by atoms with van der Waals surface area (Å²) in [5, 5.41) is 15.3. The molecule has 1 N–H and O–H groups in total. The van der Waals surface area contributed by atoms with Crippen LogP contribution in [0, 0.1) is 0 Å². The van der Waals surface area contributed by atoms with Crippen LogP contribution in [0.4, 0.5) is 0 Å². The molecule has 0 saturated carbocycles. The lowest BCUT2D eigenvalue weighted by molar-refractivity contribution is 0.315. The van der Waals surface area contributed by atoms with Gasteiger partial charge in [0.05, 0.1) is 12.3 Å². The number of tetrazole rings is 1. The van der Waals surface area contributed by atoms with Gasteiger partial charge in [0.15, 0.2) is 11.5 Å². The Morgan fingerprint density at radius 2 is 1.80 bits per heavy atom. The van der Waals surface area contributed by atoms with E-state index in [4.69, 9.17) is 9.47 Å². The molecule has 0 aliphatic rings. The molecule has 0 fully saturated rings. The van der Waals surface area contributed by atoms with Crippen LogP contribution in [-0.2, 0) is 6.54 Å². The number of halogens is 1. The Labute approximate surface area is 184 Å². The Bertz CT molecular complexity index is 873. The fraction of sp³-hybridized carbons (Fsp3) is 0.409. The molecule has 3 aromatic rings. The van der Waals surface area contributed by atoms with E-state index < -0.39 is 0 Å². The number of ether oxygens (including phenoxy) is 2. The lowest BCUT2D eigenvalue weighted by Gasteiger charge is -2.13. The van der Waals surface area contributed by atoms with Gasteiger partial charge in [-0.05, 0) is 60.1 Å². The molecule has 0 atom stereocenters. The van der Waals surface area contributed by atoms with Crippen LogP contribution < -0.4 is 14.8 Å². The van der Waals surface area contributed by atoms with Crippen molar-refractivity contribution in [2.45, 2.75) is 46.1 Å². The molecule has 0 unspecified atom stereocenters. The summed E-state index contributed by atoms with van der Waals surface area (Å²) in [6.45, 7) is 6.55. The van der Waals surface area contributed by atoms with Gasteiger partial charge in [-0.1, -0.05) is 55.6 Å². The largest absolute Gasteiger partial charge is 0.490 e. The van der Waals surface area contributed by atoms with Crippen molar-refractivity contribution in [2.75, 3.05) is 13.2 Å². The summed E-state index contributed by atoms with van der Waals surface area (Å²) < 4.78 is 13.4. The van der Waals surface area contributed by atoms with E-state index >= 15 is 0 Å². The zero-order chi connectivity index (χ0) is 20.3. The SMILES string of the molecule is CCCCCCNCc1ccc(Oc2nnnn2-c2ccccc2)c(OCC)c1.Cl. The summed E-state index contributed by atoms with van der Waals surface area (Å²) in [6, 6.07) is 15.9. The molecule has 1 heterocycles. The summed E-state index contributed by atoms with van der Waals surface area (Å²) in [6.07, 6.45) is 5.03. The number of nitrogens with one attached hydrogen (secondary N) is 1. The number of rotatable bonds is 12. The number of hydrogen-bond acceptors (Lipinski definition) is 6. The van der Waals surface area contributed by atoms with Crippen LogP contribution in [0.2, 0.25) is 0 Å². The van der Waals surface area contributed by atoms with Crippen LogP contribution in [0.1, 0.15) is 45.1 Å². The van der Waals surface area contributed by atoms with Crippen molar-refractivity contribution in [1.29, 1.82) is 0 Å². The first-order chi connectivity index (χ1) is 14.3. The zero-order valence-electron chi connectivity index (χ0n) is 17.6. The van der Waals surface area contributed by atoms with Crippen LogP contribution in [0.3, 0.4) is 0 Å². The average molecular weight is 432 g/mol. The highest BCUT2D eigenvalue weighted by Crippen LogP contribution is 2.32. The Balaban J connectivity index is 0.00000320. The van der Waals surface area contributed by atoms with Gasteiger partial charge < -0.3 is 14.8 Å². The monoisotopic (exact) mass is 431 g/mol. The smallest absolute Gasteiger partial charge is 0.346 e. The first-order valence-corrected chi connectivity index (χ1v) is 10.3. The van der Waals surface area contributed by atoms with E-state index in [1.165, 1.54) is 25.7 Å². The standard InChI is InChI=1S/C22H29N5O2.ClH/c1-3-5-6-10-15-23-17-18-13-14-20(21(16-18)28-4-2)29-22-24-25-26-27(22)19-11-8-7-9-12-19;/h7-9,11-14,16,23H,3-6,10,15,17H2,1-2H3;1H. The van der Waals surface area contributed by atoms with Crippen LogP contribution in [0.25, 0.3) is 5.69 Å². The van der Waals surface area contributed by atoms with E-state index in [1.54, 1.807) is 4.68 Å². The second-order valence-corrected chi connectivity index (χ2v) is 6.76. The fourth-order valence-electron chi connectivity index (χ4n) is 3.00. The van der Waals surface area contributed by atoms with Crippen molar-refractivity contribution in [2.24, 2.45) is 0 Å². The molecule has 162 valence electrons. The van der Waals surface area contributed by atoms with Gasteiger partial charge in [0, 0.05) is 6.54 Å². The third-order valence-corrected chi connectivity index (χ3v) is 4.49. The minimum Gasteiger partial charge on any atom is -0.490 e. The van der Waals surface area contributed by atoms with Crippen molar-refractivity contribution in [3.63, 3.8) is 0 Å². The Morgan fingerprint density at radius 1 is 0.967 bits per heavy atom. The summed E-state index contributed by atoms with van der Waals surface area (Å²) in [7, 11) is 0. The van der Waals surface area contributed by atoms with E-state index in [9.17, 15) is 0 Å². The molecule has 0 radical (unpaired) electrons. The van der Waals surface area contributed by atoms with Crippen molar-refractivity contribution >= 4 is 12.4 Å². The van der Waals surface area contributed by atoms with Crippen molar-refractivity contribution < 1.29 is 9.47 Å². The zero-order valence-corrected chi connectivity index (χ0v) is 18.4. The molecule has 2 aromatic carbocycles. The van der Waals surface area contributed by atoms with Crippen molar-refractivity contribution in [3.05, 3.63) is 54.1 Å². The van der Waals surface area contributed by atoms with Gasteiger partial charge in [-0.15, -0.1) is 12.4 Å². The molecule has 7 nitrogen and oxygen atoms in total. The van der Waals surface area contributed by atoms with Gasteiger partial charge in [-0.2, -0.15) is 4.68 Å². The maximum absolute atomic E-state index is 5.99. The van der Waals surface area contributed by atoms with Gasteiger partial charge in [-0.25, -0.2) is 0 Å². The maximum Gasteiger partial charge on any atom is 0.346 e. The highest BCUT2D eigenvalue weighted by Gasteiger charge is 2.14. The van der Waals surface area contributed by atoms with Gasteiger partial charge in [-0.3, -0.25) is 0 Å². The van der Waals surface area contributed by atoms with Crippen LogP contribution in [0.15, 0.2) is 48.5 Å². The first kappa shape index (κ1) is 23.6. The lowest BCUT2D eigenvalue weighted by atomic mass is 10.2. The van der Waals surface area contributed by atoms with Gasteiger partial charge in [0.25, 0.3) is 0 Å². The Morgan fingerprint density at radius 3 is 2.57 bits per heavy atom. The molecule has 0 amide bonds. The molecule has 0 spiro atoms. The van der Waals surface area contributed by atoms with Crippen LogP contribution >= 0.6 is 12.4 Å². The second-order valence-electron chi connectivity index (χ2n) is 6.76. The second kappa shape index (κ2) is 12.8. The van der Waals surface area contributed by atoms with Crippen LogP contribution in [-0.4, -0.2) is 33.4 Å². The molecule has 0 aliphatic heterocycles. The van der Waals surface area contributed by atoms with Gasteiger partial charge in [0.2, 0.25) is 0 Å². The Kier molecular flexibility index (Phi) is 10.1. The number of para-hydroxylation sites is 1. The summed E-state index contributed by atoms with van der Waals surface area (Å²) in [5.74, 6) is 1.27. The first-order valence-electron chi connectivity index (χ1n) is 10.3. The highest BCUT2D eigenvalue weighted by atomic mass is 35.5. The molecule has 0 bridgehead atoms. The summed E-state index contributed by atoms with van der Waals surface area (Å²) in [5.41, 5.74) is 1.98. The maximum atomic E-state index is 5.99. The number of benzene rings is 2. The van der Waals surface area contributed by atoms with Crippen LogP contribution in [0.5, 0.6) is 17.5 Å². The van der Waals surface area contributed by atoms with Gasteiger partial charge >= 0.3 is 6.01 Å². The van der Waals surface area contributed by atoms with Gasteiger partial charge in [0.1, 0.15) is 0 Å². The third-order valence-electron chi connectivity index (χ3n) is 4.49. The van der Waals surface area contributed by atoms with E-state index in [0.29, 0.717) is 24.1 Å². The van der Waals surface area contributed by atoms with Crippen molar-refractivity contribution in [3.8, 4) is 23.2 Å². The Hall–Kier alpha value is -2.64. The minimum atomic E-state index is 0. The molecule has 30 heavy (non-hydrogen) atoms.